The summed E-state index contributed by atoms with van der Waals surface area (Å²) in [5.41, 5.74) is 0.694. The number of carbonyl (C=O) groups is 1. The molecular formula is C7H5BO2. The van der Waals surface area contributed by atoms with Crippen LogP contribution in [0.15, 0.2) is 18.2 Å². The lowest BCUT2D eigenvalue weighted by Crippen LogP contribution is -2.01. The van der Waals surface area contributed by atoms with Crippen LogP contribution in [-0.2, 0) is 0 Å². The number of phenolic OH excluding ortho intramolecular Hbond substituents is 1. The number of benzene rings is 1. The van der Waals surface area contributed by atoms with Gasteiger partial charge in [-0.05, 0) is 6.07 Å². The lowest BCUT2D eigenvalue weighted by Gasteiger charge is -1.96. The van der Waals surface area contributed by atoms with E-state index in [1.54, 1.807) is 0 Å². The van der Waals surface area contributed by atoms with E-state index in [-0.39, 0.29) is 11.3 Å². The number of carbonyl (C=O) groups excluding carboxylic acids is 1. The first-order chi connectivity index (χ1) is 4.74. The summed E-state index contributed by atoms with van der Waals surface area (Å²) in [4.78, 5) is 10.2. The number of hydrogen-bond acceptors (Lipinski definition) is 2. The molecular weight excluding hydrogens is 127 g/mol. The lowest BCUT2D eigenvalue weighted by atomic mass is 9.94. The van der Waals surface area contributed by atoms with Crippen LogP contribution in [0.5, 0.6) is 5.75 Å². The molecule has 48 valence electrons. The molecule has 0 unspecified atom stereocenters. The molecule has 2 radical (unpaired) electrons. The van der Waals surface area contributed by atoms with Gasteiger partial charge in [0.1, 0.15) is 13.6 Å². The maximum atomic E-state index is 10.2. The zero-order chi connectivity index (χ0) is 7.56. The molecule has 3 heteroatoms. The fourth-order valence-electron chi connectivity index (χ4n) is 0.667. The SMILES string of the molecule is [B]c1ccc(O)c(C=O)c1. The van der Waals surface area contributed by atoms with Crippen molar-refractivity contribution in [2.75, 3.05) is 0 Å². The molecule has 0 aliphatic heterocycles. The van der Waals surface area contributed by atoms with Crippen LogP contribution in [0.25, 0.3) is 0 Å². The van der Waals surface area contributed by atoms with Gasteiger partial charge in [-0.25, -0.2) is 0 Å². The van der Waals surface area contributed by atoms with Crippen LogP contribution in [-0.4, -0.2) is 19.2 Å². The smallest absolute Gasteiger partial charge is 0.153 e. The molecule has 0 fully saturated rings. The van der Waals surface area contributed by atoms with Gasteiger partial charge in [0.05, 0.1) is 5.56 Å². The average Bonchev–Trinajstić information content (AvgIpc) is 1.94. The summed E-state index contributed by atoms with van der Waals surface area (Å²) in [6.45, 7) is 0. The van der Waals surface area contributed by atoms with Crippen molar-refractivity contribution in [1.82, 2.24) is 0 Å². The van der Waals surface area contributed by atoms with Gasteiger partial charge in [0.2, 0.25) is 0 Å². The maximum Gasteiger partial charge on any atom is 0.153 e. The van der Waals surface area contributed by atoms with E-state index in [0.29, 0.717) is 11.7 Å². The number of aldehydes is 1. The second-order valence-electron chi connectivity index (χ2n) is 1.94. The molecule has 0 aliphatic carbocycles. The molecule has 0 bridgehead atoms. The van der Waals surface area contributed by atoms with Gasteiger partial charge in [-0.1, -0.05) is 17.6 Å². The quantitative estimate of drug-likeness (QED) is 0.431. The van der Waals surface area contributed by atoms with Gasteiger partial charge >= 0.3 is 0 Å². The molecule has 10 heavy (non-hydrogen) atoms. The minimum absolute atomic E-state index is 0.0378. The molecule has 0 saturated heterocycles. The standard InChI is InChI=1S/C7H5BO2/c8-6-1-2-7(10)5(3-6)4-9/h1-4,10H. The number of rotatable bonds is 1. The highest BCUT2D eigenvalue weighted by Crippen LogP contribution is 2.10. The highest BCUT2D eigenvalue weighted by Gasteiger charge is 1.96. The summed E-state index contributed by atoms with van der Waals surface area (Å²) < 4.78 is 0. The summed E-state index contributed by atoms with van der Waals surface area (Å²) >= 11 is 0. The Morgan fingerprint density at radius 3 is 2.70 bits per heavy atom. The van der Waals surface area contributed by atoms with Gasteiger partial charge in [-0.15, -0.1) is 0 Å². The molecule has 0 aromatic heterocycles. The topological polar surface area (TPSA) is 37.3 Å². The number of phenols is 1. The molecule has 1 N–H and O–H groups in total. The molecule has 2 nitrogen and oxygen atoms in total. The molecule has 1 rings (SSSR count). The van der Waals surface area contributed by atoms with E-state index in [1.165, 1.54) is 18.2 Å². The predicted octanol–water partition coefficient (Wildman–Crippen LogP) is -0.00150. The molecule has 1 aromatic rings. The van der Waals surface area contributed by atoms with Crippen LogP contribution in [0.1, 0.15) is 10.4 Å². The third kappa shape index (κ3) is 1.18. The first-order valence-electron chi connectivity index (χ1n) is 2.77. The fourth-order valence-corrected chi connectivity index (χ4v) is 0.667. The van der Waals surface area contributed by atoms with Crippen LogP contribution in [0.2, 0.25) is 0 Å². The van der Waals surface area contributed by atoms with E-state index in [4.69, 9.17) is 13.0 Å². The van der Waals surface area contributed by atoms with Crippen molar-refractivity contribution in [3.63, 3.8) is 0 Å². The van der Waals surface area contributed by atoms with Crippen molar-refractivity contribution in [1.29, 1.82) is 0 Å². The Balaban J connectivity index is 3.21. The van der Waals surface area contributed by atoms with E-state index < -0.39 is 0 Å². The van der Waals surface area contributed by atoms with Crippen LogP contribution in [0.4, 0.5) is 0 Å². The van der Waals surface area contributed by atoms with Gasteiger partial charge in [0.15, 0.2) is 6.29 Å². The van der Waals surface area contributed by atoms with Crippen molar-refractivity contribution < 1.29 is 9.90 Å². The van der Waals surface area contributed by atoms with Gasteiger partial charge in [0, 0.05) is 0 Å². The van der Waals surface area contributed by atoms with Crippen LogP contribution in [0, 0.1) is 0 Å². The van der Waals surface area contributed by atoms with Crippen molar-refractivity contribution in [3.8, 4) is 5.75 Å². The van der Waals surface area contributed by atoms with Crippen molar-refractivity contribution in [3.05, 3.63) is 23.8 Å². The predicted molar refractivity (Wildman–Crippen MR) is 38.9 cm³/mol. The minimum atomic E-state index is -0.0378. The van der Waals surface area contributed by atoms with Crippen molar-refractivity contribution in [2.45, 2.75) is 0 Å². The number of aromatic hydroxyl groups is 1. The van der Waals surface area contributed by atoms with Crippen LogP contribution >= 0.6 is 0 Å². The molecule has 0 aliphatic rings. The molecule has 0 spiro atoms. The zero-order valence-corrected chi connectivity index (χ0v) is 5.24. The minimum Gasteiger partial charge on any atom is -0.507 e. The summed E-state index contributed by atoms with van der Waals surface area (Å²) in [6.07, 6.45) is 0.561. The first kappa shape index (κ1) is 6.87. The summed E-state index contributed by atoms with van der Waals surface area (Å²) in [6, 6.07) is 4.34. The zero-order valence-electron chi connectivity index (χ0n) is 5.24. The second kappa shape index (κ2) is 2.56. The fraction of sp³-hybridized carbons (Fsp3) is 0. The third-order valence-electron chi connectivity index (χ3n) is 1.18. The van der Waals surface area contributed by atoms with E-state index in [9.17, 15) is 4.79 Å². The van der Waals surface area contributed by atoms with E-state index >= 15 is 0 Å². The Bertz CT molecular complexity index is 258. The van der Waals surface area contributed by atoms with Crippen molar-refractivity contribution >= 4 is 19.6 Å². The maximum absolute atomic E-state index is 10.2. The number of hydrogen-bond donors (Lipinski definition) is 1. The highest BCUT2D eigenvalue weighted by molar-refractivity contribution is 6.32. The normalized spacial score (nSPS) is 9.20. The Morgan fingerprint density at radius 2 is 2.20 bits per heavy atom. The Hall–Kier alpha value is -1.25. The Labute approximate surface area is 59.9 Å². The van der Waals surface area contributed by atoms with Crippen molar-refractivity contribution in [2.24, 2.45) is 0 Å². The van der Waals surface area contributed by atoms with Gasteiger partial charge in [0.25, 0.3) is 0 Å². The molecule has 0 amide bonds. The summed E-state index contributed by atoms with van der Waals surface area (Å²) in [7, 11) is 5.33. The van der Waals surface area contributed by atoms with Crippen LogP contribution in [0.3, 0.4) is 0 Å². The Morgan fingerprint density at radius 1 is 1.50 bits per heavy atom. The average molecular weight is 132 g/mol. The van der Waals surface area contributed by atoms with Gasteiger partial charge in [-0.2, -0.15) is 0 Å². The third-order valence-corrected chi connectivity index (χ3v) is 1.18. The lowest BCUT2D eigenvalue weighted by molar-refractivity contribution is 0.112. The van der Waals surface area contributed by atoms with Gasteiger partial charge < -0.3 is 5.11 Å². The van der Waals surface area contributed by atoms with E-state index in [2.05, 4.69) is 0 Å². The molecule has 0 heterocycles. The molecule has 1 aromatic carbocycles. The second-order valence-corrected chi connectivity index (χ2v) is 1.94. The van der Waals surface area contributed by atoms with E-state index in [1.807, 2.05) is 0 Å². The van der Waals surface area contributed by atoms with E-state index in [0.717, 1.165) is 0 Å². The summed E-state index contributed by atoms with van der Waals surface area (Å²) in [5, 5.41) is 8.95. The molecule has 0 atom stereocenters. The monoisotopic (exact) mass is 132 g/mol. The van der Waals surface area contributed by atoms with Gasteiger partial charge in [-0.3, -0.25) is 4.79 Å². The molecule has 0 saturated carbocycles. The summed E-state index contributed by atoms with van der Waals surface area (Å²) in [5.74, 6) is -0.0378. The van der Waals surface area contributed by atoms with Crippen LogP contribution < -0.4 is 5.46 Å². The largest absolute Gasteiger partial charge is 0.507 e. The highest BCUT2D eigenvalue weighted by atomic mass is 16.3. The first-order valence-corrected chi connectivity index (χ1v) is 2.77. The Kier molecular flexibility index (Phi) is 1.76.